The lowest BCUT2D eigenvalue weighted by atomic mass is 9.88. The number of hydrogen-bond acceptors (Lipinski definition) is 1. The predicted octanol–water partition coefficient (Wildman–Crippen LogP) is 16.3. The van der Waals surface area contributed by atoms with Crippen LogP contribution in [0.4, 0.5) is 0 Å². The Balaban J connectivity index is 0.00000105. The summed E-state index contributed by atoms with van der Waals surface area (Å²) in [6.45, 7) is 40.8. The average Bonchev–Trinajstić information content (AvgIpc) is 3.21. The lowest BCUT2D eigenvalue weighted by Gasteiger charge is -2.16. The van der Waals surface area contributed by atoms with Gasteiger partial charge < -0.3 is 0 Å². The molecule has 0 bridgehead atoms. The number of aliphatic imine (C=N–C) groups is 1. The standard InChI is InChI=1S/C32H32.C16H21N.C5H10.C2H6/c1-7-9-16-26(4)27(5)32(20-15-19-29-17-13-11-10-12-14-18-29)31(8-2)28(6)30-23-21-25(3)22-24-30;1-5-10-16(13(3)6-2)17-14(4)15-11-8-7-9-12-15;1-3-5-4-2;1-2/h7-9,13,15-18,20-24H,1-2,4-6,11,14,19H2,3H3;5,7-12H,6H2,1-4H3;3H,1,4-5H2,2H3;1-2H3/b16-9-,17-13-,20-15-,29-18+,32-31-;10-5-,16-13+,17-14?;;. The molecule has 0 atom stereocenters. The van der Waals surface area contributed by atoms with Crippen LogP contribution in [0, 0.1) is 18.8 Å². The number of rotatable bonds is 16. The number of allylic oxidation sites excluding steroid dienone is 19. The molecule has 1 nitrogen and oxygen atoms in total. The maximum Gasteiger partial charge on any atom is 0.0618 e. The fraction of sp³-hybridized carbons (Fsp3) is 0.255. The molecule has 0 aliphatic heterocycles. The molecule has 0 fully saturated rings. The average molecular weight is 744 g/mol. The molecular weight excluding hydrogens is 675 g/mol. The summed E-state index contributed by atoms with van der Waals surface area (Å²) < 4.78 is 0. The Hall–Kier alpha value is -5.71. The second kappa shape index (κ2) is 31.6. The van der Waals surface area contributed by atoms with Crippen molar-refractivity contribution in [2.75, 3.05) is 0 Å². The third-order valence-electron chi connectivity index (χ3n) is 8.41. The first-order valence-electron chi connectivity index (χ1n) is 19.9. The normalized spacial score (nSPS) is 14.5. The minimum Gasteiger partial charge on any atom is -0.253 e. The van der Waals surface area contributed by atoms with E-state index in [0.717, 1.165) is 76.9 Å². The summed E-state index contributed by atoms with van der Waals surface area (Å²) in [5.74, 6) is 6.27. The van der Waals surface area contributed by atoms with E-state index in [4.69, 9.17) is 4.99 Å². The Bertz CT molecular complexity index is 1870. The molecule has 294 valence electrons. The fourth-order valence-corrected chi connectivity index (χ4v) is 4.99. The van der Waals surface area contributed by atoms with Gasteiger partial charge in [0.25, 0.3) is 0 Å². The van der Waals surface area contributed by atoms with E-state index in [1.807, 2.05) is 69.4 Å². The lowest BCUT2D eigenvalue weighted by Crippen LogP contribution is -1.96. The molecule has 0 amide bonds. The van der Waals surface area contributed by atoms with Crippen LogP contribution in [-0.4, -0.2) is 5.71 Å². The minimum atomic E-state index is 0.786. The van der Waals surface area contributed by atoms with E-state index in [0.29, 0.717) is 0 Å². The van der Waals surface area contributed by atoms with E-state index in [9.17, 15) is 0 Å². The van der Waals surface area contributed by atoms with Crippen LogP contribution in [0.15, 0.2) is 211 Å². The molecule has 0 heterocycles. The molecule has 0 N–H and O–H groups in total. The third-order valence-corrected chi connectivity index (χ3v) is 8.41. The Morgan fingerprint density at radius 2 is 1.48 bits per heavy atom. The van der Waals surface area contributed by atoms with E-state index in [2.05, 4.69) is 159 Å². The largest absolute Gasteiger partial charge is 0.253 e. The molecule has 56 heavy (non-hydrogen) atoms. The van der Waals surface area contributed by atoms with Crippen molar-refractivity contribution >= 4 is 11.3 Å². The molecule has 0 unspecified atom stereocenters. The molecule has 1 heteroatoms. The highest BCUT2D eigenvalue weighted by Crippen LogP contribution is 2.31. The van der Waals surface area contributed by atoms with Crippen molar-refractivity contribution < 1.29 is 0 Å². The summed E-state index contributed by atoms with van der Waals surface area (Å²) in [6, 6.07) is 18.6. The highest BCUT2D eigenvalue weighted by molar-refractivity contribution is 5.99. The van der Waals surface area contributed by atoms with Gasteiger partial charge in [-0.1, -0.05) is 206 Å². The summed E-state index contributed by atoms with van der Waals surface area (Å²) >= 11 is 0. The molecule has 2 aromatic rings. The molecule has 2 aromatic carbocycles. The molecule has 3 rings (SSSR count). The minimum absolute atomic E-state index is 0.786. The predicted molar refractivity (Wildman–Crippen MR) is 256 cm³/mol. The Labute approximate surface area is 343 Å². The van der Waals surface area contributed by atoms with Gasteiger partial charge in [-0.05, 0) is 103 Å². The Morgan fingerprint density at radius 1 is 0.821 bits per heavy atom. The van der Waals surface area contributed by atoms with Crippen LogP contribution in [0.25, 0.3) is 5.57 Å². The van der Waals surface area contributed by atoms with Gasteiger partial charge in [0.05, 0.1) is 5.70 Å². The van der Waals surface area contributed by atoms with Gasteiger partial charge in [0, 0.05) is 18.6 Å². The maximum absolute atomic E-state index is 4.72. The van der Waals surface area contributed by atoms with E-state index >= 15 is 0 Å². The number of aryl methyl sites for hydroxylation is 1. The van der Waals surface area contributed by atoms with Crippen LogP contribution in [0.5, 0.6) is 0 Å². The van der Waals surface area contributed by atoms with E-state index in [-0.39, 0.29) is 0 Å². The van der Waals surface area contributed by atoms with E-state index in [1.165, 1.54) is 28.7 Å². The second-order valence-electron chi connectivity index (χ2n) is 12.7. The smallest absolute Gasteiger partial charge is 0.0618 e. The van der Waals surface area contributed by atoms with Gasteiger partial charge in [0.15, 0.2) is 0 Å². The molecule has 0 saturated heterocycles. The summed E-state index contributed by atoms with van der Waals surface area (Å²) in [5, 5.41) is 0. The van der Waals surface area contributed by atoms with Crippen LogP contribution in [-0.2, 0) is 0 Å². The number of hydrogen-bond donors (Lipinski definition) is 0. The van der Waals surface area contributed by atoms with Crippen molar-refractivity contribution in [3.63, 3.8) is 0 Å². The number of nitrogens with zero attached hydrogens (tertiary/aromatic N) is 1. The van der Waals surface area contributed by atoms with Gasteiger partial charge in [-0.25, -0.2) is 0 Å². The van der Waals surface area contributed by atoms with Crippen molar-refractivity contribution in [2.45, 2.75) is 93.9 Å². The molecule has 1 aliphatic carbocycles. The highest BCUT2D eigenvalue weighted by Gasteiger charge is 2.12. The topological polar surface area (TPSA) is 12.4 Å². The Morgan fingerprint density at radius 3 is 2.04 bits per heavy atom. The van der Waals surface area contributed by atoms with E-state index in [1.54, 1.807) is 6.08 Å². The van der Waals surface area contributed by atoms with Gasteiger partial charge in [-0.2, -0.15) is 0 Å². The summed E-state index contributed by atoms with van der Waals surface area (Å²) in [5.41, 5.74) is 12.6. The molecule has 0 saturated carbocycles. The van der Waals surface area contributed by atoms with Crippen LogP contribution in [0.1, 0.15) is 104 Å². The zero-order valence-corrected chi connectivity index (χ0v) is 36.1. The molecule has 0 spiro atoms. The third kappa shape index (κ3) is 20.1. The quantitative estimate of drug-likeness (QED) is 0.0703. The number of benzene rings is 2. The van der Waals surface area contributed by atoms with Gasteiger partial charge in [0.2, 0.25) is 0 Å². The van der Waals surface area contributed by atoms with Crippen molar-refractivity contribution in [2.24, 2.45) is 4.99 Å². The summed E-state index contributed by atoms with van der Waals surface area (Å²) in [7, 11) is 0. The van der Waals surface area contributed by atoms with Gasteiger partial charge in [0.1, 0.15) is 0 Å². The summed E-state index contributed by atoms with van der Waals surface area (Å²) in [4.78, 5) is 4.72. The van der Waals surface area contributed by atoms with E-state index < -0.39 is 0 Å². The second-order valence-corrected chi connectivity index (χ2v) is 12.7. The number of unbranched alkanes of at least 4 members (excludes halogenated alkanes) is 1. The molecule has 1 aliphatic rings. The maximum atomic E-state index is 4.72. The zero-order valence-electron chi connectivity index (χ0n) is 36.1. The van der Waals surface area contributed by atoms with Crippen molar-refractivity contribution in [3.05, 3.63) is 223 Å². The monoisotopic (exact) mass is 744 g/mol. The zero-order chi connectivity index (χ0) is 42.1. The highest BCUT2D eigenvalue weighted by atomic mass is 14.8. The molecule has 0 aromatic heterocycles. The first-order chi connectivity index (χ1) is 27.1. The van der Waals surface area contributed by atoms with Crippen LogP contribution in [0.3, 0.4) is 0 Å². The SMILES string of the molecule is C/C=C\C(N=C(C)c1ccccc1)=C(\C)CC.C=C/C=C\C(=C)C(=C)C(/C=C\CC1=C/CC#CC/C=C\1)=C(/C=C)C(=C)c1ccc(C)cc1.C=CCCC.CC. The van der Waals surface area contributed by atoms with Crippen LogP contribution >= 0.6 is 0 Å². The van der Waals surface area contributed by atoms with Crippen molar-refractivity contribution in [3.8, 4) is 11.8 Å². The van der Waals surface area contributed by atoms with Gasteiger partial charge in [-0.15, -0.1) is 6.58 Å². The first-order valence-corrected chi connectivity index (χ1v) is 19.9. The molecular formula is C55H69N. The summed E-state index contributed by atoms with van der Waals surface area (Å²) in [6.07, 6.45) is 29.9. The molecule has 0 radical (unpaired) electrons. The van der Waals surface area contributed by atoms with Gasteiger partial charge >= 0.3 is 0 Å². The fourth-order valence-electron chi connectivity index (χ4n) is 4.99. The van der Waals surface area contributed by atoms with Crippen LogP contribution in [0.2, 0.25) is 0 Å². The lowest BCUT2D eigenvalue weighted by molar-refractivity contribution is 0.961. The van der Waals surface area contributed by atoms with Gasteiger partial charge in [-0.3, -0.25) is 4.99 Å². The van der Waals surface area contributed by atoms with Crippen molar-refractivity contribution in [1.29, 1.82) is 0 Å². The van der Waals surface area contributed by atoms with Crippen molar-refractivity contribution in [1.82, 2.24) is 0 Å². The first kappa shape index (κ1) is 50.3. The van der Waals surface area contributed by atoms with Crippen LogP contribution < -0.4 is 0 Å². The Kier molecular flexibility index (Phi) is 28.4.